The van der Waals surface area contributed by atoms with Crippen molar-refractivity contribution in [2.45, 2.75) is 31.6 Å². The van der Waals surface area contributed by atoms with E-state index in [0.29, 0.717) is 19.4 Å². The van der Waals surface area contributed by atoms with Gasteiger partial charge in [-0.2, -0.15) is 0 Å². The standard InChI is InChI=1S/C23H32N4O5/c1-15-19-8-9-20(32-19)21(15)22(30)27(14-28)11-10-24-23(31)25-13-17(26(2)3)12-16-4-6-18(29)7-5-16/h4-9,14-15,17,19-21,29H,10-13H2,1-3H3,(H2,24,25,31). The molecule has 1 aromatic carbocycles. The van der Waals surface area contributed by atoms with Crippen LogP contribution in [0.2, 0.25) is 0 Å². The quantitative estimate of drug-likeness (QED) is 0.363. The number of benzene rings is 1. The molecule has 1 saturated heterocycles. The zero-order chi connectivity index (χ0) is 23.3. The lowest BCUT2D eigenvalue weighted by molar-refractivity contribution is -0.142. The van der Waals surface area contributed by atoms with Gasteiger partial charge in [-0.15, -0.1) is 0 Å². The first-order chi connectivity index (χ1) is 15.3. The minimum absolute atomic E-state index is 0.0211. The maximum atomic E-state index is 12.8. The summed E-state index contributed by atoms with van der Waals surface area (Å²) in [6, 6.07) is 6.69. The molecule has 9 nitrogen and oxygen atoms in total. The number of fused-ring (bicyclic) bond motifs is 2. The van der Waals surface area contributed by atoms with Gasteiger partial charge in [0.2, 0.25) is 12.3 Å². The minimum Gasteiger partial charge on any atom is -0.508 e. The zero-order valence-corrected chi connectivity index (χ0v) is 18.7. The predicted octanol–water partition coefficient (Wildman–Crippen LogP) is 0.739. The van der Waals surface area contributed by atoms with Crippen LogP contribution in [-0.4, -0.2) is 85.2 Å². The van der Waals surface area contributed by atoms with Gasteiger partial charge in [0.05, 0.1) is 18.1 Å². The van der Waals surface area contributed by atoms with Gasteiger partial charge in [0.15, 0.2) is 0 Å². The highest BCUT2D eigenvalue weighted by molar-refractivity contribution is 5.89. The number of amides is 4. The summed E-state index contributed by atoms with van der Waals surface area (Å²) < 4.78 is 5.71. The first-order valence-corrected chi connectivity index (χ1v) is 10.9. The molecule has 4 amide bonds. The number of rotatable bonds is 10. The summed E-state index contributed by atoms with van der Waals surface area (Å²) >= 11 is 0. The van der Waals surface area contributed by atoms with Crippen molar-refractivity contribution >= 4 is 18.3 Å². The Kier molecular flexibility index (Phi) is 7.87. The molecule has 2 heterocycles. The van der Waals surface area contributed by atoms with Crippen LogP contribution in [-0.2, 0) is 20.7 Å². The van der Waals surface area contributed by atoms with Crippen molar-refractivity contribution < 1.29 is 24.2 Å². The number of carbonyl (C=O) groups is 3. The third kappa shape index (κ3) is 5.66. The number of aromatic hydroxyl groups is 1. The summed E-state index contributed by atoms with van der Waals surface area (Å²) in [6.07, 6.45) is 4.71. The lowest BCUT2D eigenvalue weighted by Crippen LogP contribution is -2.48. The van der Waals surface area contributed by atoms with E-state index in [4.69, 9.17) is 4.74 Å². The highest BCUT2D eigenvalue weighted by Gasteiger charge is 2.48. The summed E-state index contributed by atoms with van der Waals surface area (Å²) in [5, 5.41) is 15.0. The second kappa shape index (κ2) is 10.6. The SMILES string of the molecule is CC1C2C=CC(O2)C1C(=O)N(C=O)CCNC(=O)NCC(Cc1ccc(O)cc1)N(C)C. The van der Waals surface area contributed by atoms with Crippen LogP contribution in [0.4, 0.5) is 4.79 Å². The van der Waals surface area contributed by atoms with Crippen molar-refractivity contribution in [2.75, 3.05) is 33.7 Å². The normalized spacial score (nSPS) is 24.4. The van der Waals surface area contributed by atoms with Gasteiger partial charge in [0.1, 0.15) is 5.75 Å². The molecule has 0 aliphatic carbocycles. The summed E-state index contributed by atoms with van der Waals surface area (Å²) in [4.78, 5) is 39.6. The second-order valence-corrected chi connectivity index (χ2v) is 8.60. The van der Waals surface area contributed by atoms with Gasteiger partial charge >= 0.3 is 6.03 Å². The Morgan fingerprint density at radius 1 is 1.16 bits per heavy atom. The molecular weight excluding hydrogens is 412 g/mol. The molecule has 9 heteroatoms. The Balaban J connectivity index is 1.42. The third-order valence-corrected chi connectivity index (χ3v) is 6.21. The van der Waals surface area contributed by atoms with Crippen molar-refractivity contribution in [3.63, 3.8) is 0 Å². The fourth-order valence-corrected chi connectivity index (χ4v) is 4.17. The smallest absolute Gasteiger partial charge is 0.314 e. The molecule has 2 aliphatic heterocycles. The largest absolute Gasteiger partial charge is 0.508 e. The van der Waals surface area contributed by atoms with Gasteiger partial charge in [-0.1, -0.05) is 31.2 Å². The summed E-state index contributed by atoms with van der Waals surface area (Å²) in [6.45, 7) is 2.63. The third-order valence-electron chi connectivity index (χ3n) is 6.21. The van der Waals surface area contributed by atoms with Gasteiger partial charge < -0.3 is 25.4 Å². The number of carbonyl (C=O) groups excluding carboxylic acids is 3. The molecule has 1 fully saturated rings. The lowest BCUT2D eigenvalue weighted by Gasteiger charge is -2.26. The molecule has 5 unspecified atom stereocenters. The molecule has 3 rings (SSSR count). The van der Waals surface area contributed by atoms with E-state index < -0.39 is 0 Å². The molecule has 0 spiro atoms. The van der Waals surface area contributed by atoms with Gasteiger partial charge in [0, 0.05) is 31.6 Å². The highest BCUT2D eigenvalue weighted by Crippen LogP contribution is 2.39. The van der Waals surface area contributed by atoms with Crippen LogP contribution in [0.5, 0.6) is 5.75 Å². The Morgan fingerprint density at radius 2 is 1.84 bits per heavy atom. The minimum atomic E-state index is -0.371. The average molecular weight is 445 g/mol. The number of phenols is 1. The van der Waals surface area contributed by atoms with Crippen LogP contribution in [0.3, 0.4) is 0 Å². The number of hydrogen-bond acceptors (Lipinski definition) is 6. The van der Waals surface area contributed by atoms with E-state index in [0.717, 1.165) is 10.5 Å². The van der Waals surface area contributed by atoms with E-state index in [2.05, 4.69) is 10.6 Å². The van der Waals surface area contributed by atoms with Crippen LogP contribution in [0.25, 0.3) is 0 Å². The van der Waals surface area contributed by atoms with Crippen molar-refractivity contribution in [2.24, 2.45) is 11.8 Å². The van der Waals surface area contributed by atoms with Crippen LogP contribution >= 0.6 is 0 Å². The van der Waals surface area contributed by atoms with Gasteiger partial charge in [0.25, 0.3) is 0 Å². The molecule has 0 saturated carbocycles. The average Bonchev–Trinajstić information content (AvgIpc) is 3.36. The molecule has 1 aromatic rings. The highest BCUT2D eigenvalue weighted by atomic mass is 16.5. The maximum Gasteiger partial charge on any atom is 0.314 e. The van der Waals surface area contributed by atoms with Crippen LogP contribution in [0.15, 0.2) is 36.4 Å². The zero-order valence-electron chi connectivity index (χ0n) is 18.7. The molecule has 2 aliphatic rings. The number of hydrogen-bond donors (Lipinski definition) is 3. The number of likely N-dealkylation sites (N-methyl/N-ethyl adjacent to an activating group) is 1. The van der Waals surface area contributed by atoms with E-state index in [9.17, 15) is 19.5 Å². The number of nitrogens with one attached hydrogen (secondary N) is 2. The van der Waals surface area contributed by atoms with E-state index in [1.807, 2.05) is 50.2 Å². The summed E-state index contributed by atoms with van der Waals surface area (Å²) in [5.41, 5.74) is 1.05. The molecule has 174 valence electrons. The molecule has 0 radical (unpaired) electrons. The van der Waals surface area contributed by atoms with E-state index in [-0.39, 0.29) is 60.9 Å². The topological polar surface area (TPSA) is 111 Å². The molecule has 32 heavy (non-hydrogen) atoms. The first kappa shape index (κ1) is 23.7. The van der Waals surface area contributed by atoms with Crippen molar-refractivity contribution in [3.05, 3.63) is 42.0 Å². The van der Waals surface area contributed by atoms with Gasteiger partial charge in [-0.25, -0.2) is 4.79 Å². The van der Waals surface area contributed by atoms with Crippen LogP contribution in [0, 0.1) is 11.8 Å². The van der Waals surface area contributed by atoms with Gasteiger partial charge in [-0.05, 0) is 38.2 Å². The summed E-state index contributed by atoms with van der Waals surface area (Å²) in [5.74, 6) is -0.403. The molecular formula is C23H32N4O5. The molecule has 2 bridgehead atoms. The summed E-state index contributed by atoms with van der Waals surface area (Å²) in [7, 11) is 3.88. The molecule has 3 N–H and O–H groups in total. The predicted molar refractivity (Wildman–Crippen MR) is 119 cm³/mol. The number of urea groups is 1. The Morgan fingerprint density at radius 3 is 2.44 bits per heavy atom. The fraction of sp³-hybridized carbons (Fsp3) is 0.522. The van der Waals surface area contributed by atoms with Crippen molar-refractivity contribution in [1.29, 1.82) is 0 Å². The monoisotopic (exact) mass is 444 g/mol. The lowest BCUT2D eigenvalue weighted by atomic mass is 9.83. The van der Waals surface area contributed by atoms with Crippen LogP contribution in [0.1, 0.15) is 12.5 Å². The first-order valence-electron chi connectivity index (χ1n) is 10.9. The number of imide groups is 1. The van der Waals surface area contributed by atoms with Crippen LogP contribution < -0.4 is 10.6 Å². The Bertz CT molecular complexity index is 841. The Labute approximate surface area is 188 Å². The maximum absolute atomic E-state index is 12.8. The van der Waals surface area contributed by atoms with Gasteiger partial charge in [-0.3, -0.25) is 14.5 Å². The number of phenolic OH excluding ortho intramolecular Hbond substituents is 1. The molecule has 0 aromatic heterocycles. The molecule has 5 atom stereocenters. The van der Waals surface area contributed by atoms with E-state index >= 15 is 0 Å². The van der Waals surface area contributed by atoms with E-state index in [1.165, 1.54) is 0 Å². The number of ether oxygens (including phenoxy) is 1. The van der Waals surface area contributed by atoms with E-state index in [1.54, 1.807) is 12.1 Å². The fourth-order valence-electron chi connectivity index (χ4n) is 4.17. The number of nitrogens with zero attached hydrogens (tertiary/aromatic N) is 2. The van der Waals surface area contributed by atoms with Crippen molar-refractivity contribution in [1.82, 2.24) is 20.4 Å². The second-order valence-electron chi connectivity index (χ2n) is 8.60. The van der Waals surface area contributed by atoms with Crippen molar-refractivity contribution in [3.8, 4) is 5.75 Å². The Hall–Kier alpha value is -2.91.